The number of carbonyl (C=O) groups is 1. The molecule has 0 aromatic carbocycles. The van der Waals surface area contributed by atoms with Crippen LogP contribution in [-0.2, 0) is 17.8 Å². The van der Waals surface area contributed by atoms with Crippen LogP contribution in [0.25, 0.3) is 0 Å². The van der Waals surface area contributed by atoms with Crippen LogP contribution in [0, 0.1) is 0 Å². The predicted molar refractivity (Wildman–Crippen MR) is 121 cm³/mol. The van der Waals surface area contributed by atoms with Gasteiger partial charge in [0.05, 0.1) is 12.6 Å². The van der Waals surface area contributed by atoms with Crippen molar-refractivity contribution in [1.82, 2.24) is 14.5 Å². The normalized spacial score (nSPS) is 15.8. The number of thiophene rings is 1. The zero-order chi connectivity index (χ0) is 21.8. The molecule has 9 heteroatoms. The fraction of sp³-hybridized carbons (Fsp3) is 0.571. The highest BCUT2D eigenvalue weighted by Gasteiger charge is 2.31. The maximum atomic E-state index is 13.3. The molecular weight excluding hydrogens is 402 g/mol. The van der Waals surface area contributed by atoms with Crippen molar-refractivity contribution in [3.8, 4) is 0 Å². The second-order valence-electron chi connectivity index (χ2n) is 7.57. The van der Waals surface area contributed by atoms with Gasteiger partial charge in [0.25, 0.3) is 5.56 Å². The number of likely N-dealkylation sites (N-methyl/N-ethyl adjacent to an activating group) is 1. The second-order valence-corrected chi connectivity index (χ2v) is 8.57. The smallest absolute Gasteiger partial charge is 0.330 e. The number of fused-ring (bicyclic) bond motifs is 1. The standard InChI is InChI=1S/C21H31N5O3S/c1-4-7-10-26-19(22)18(20(28)23-21(26)29)24(6-3)13-17(27)25-11-8-16-14(9-12-30-16)15(25)5-2/h9,12,15H,4-8,10-11,13,22H2,1-3H3,(H,23,28,29). The van der Waals surface area contributed by atoms with Crippen LogP contribution in [0.15, 0.2) is 21.0 Å². The van der Waals surface area contributed by atoms with Gasteiger partial charge in [-0.1, -0.05) is 20.3 Å². The van der Waals surface area contributed by atoms with Gasteiger partial charge in [0.1, 0.15) is 11.5 Å². The molecule has 2 aromatic rings. The molecule has 3 N–H and O–H groups in total. The summed E-state index contributed by atoms with van der Waals surface area (Å²) >= 11 is 1.74. The number of aromatic nitrogens is 2. The summed E-state index contributed by atoms with van der Waals surface area (Å²) in [7, 11) is 0. The number of aromatic amines is 1. The number of anilines is 2. The number of nitrogens with zero attached hydrogens (tertiary/aromatic N) is 3. The molecule has 0 fully saturated rings. The highest BCUT2D eigenvalue weighted by molar-refractivity contribution is 7.10. The monoisotopic (exact) mass is 433 g/mol. The molecule has 1 amide bonds. The fourth-order valence-electron chi connectivity index (χ4n) is 4.16. The summed E-state index contributed by atoms with van der Waals surface area (Å²) < 4.78 is 1.39. The molecule has 1 unspecified atom stereocenters. The molecule has 2 aromatic heterocycles. The minimum Gasteiger partial charge on any atom is -0.383 e. The highest BCUT2D eigenvalue weighted by Crippen LogP contribution is 2.35. The summed E-state index contributed by atoms with van der Waals surface area (Å²) in [5, 5.41) is 2.08. The molecule has 0 radical (unpaired) electrons. The van der Waals surface area contributed by atoms with Crippen molar-refractivity contribution >= 4 is 28.7 Å². The maximum absolute atomic E-state index is 13.3. The number of H-pyrrole nitrogens is 1. The average molecular weight is 434 g/mol. The fourth-order valence-corrected chi connectivity index (χ4v) is 5.09. The van der Waals surface area contributed by atoms with Crippen LogP contribution in [-0.4, -0.2) is 40.0 Å². The molecule has 0 bridgehead atoms. The van der Waals surface area contributed by atoms with Crippen LogP contribution in [0.5, 0.6) is 0 Å². The third-order valence-electron chi connectivity index (χ3n) is 5.78. The van der Waals surface area contributed by atoms with Crippen LogP contribution in [0.4, 0.5) is 11.5 Å². The Kier molecular flexibility index (Phi) is 7.02. The van der Waals surface area contributed by atoms with Crippen LogP contribution in [0.1, 0.15) is 56.5 Å². The minimum atomic E-state index is -0.550. The minimum absolute atomic E-state index is 0.0364. The molecule has 1 aliphatic heterocycles. The van der Waals surface area contributed by atoms with Crippen molar-refractivity contribution < 1.29 is 4.79 Å². The van der Waals surface area contributed by atoms with E-state index in [2.05, 4.69) is 23.4 Å². The van der Waals surface area contributed by atoms with Crippen molar-refractivity contribution in [3.63, 3.8) is 0 Å². The van der Waals surface area contributed by atoms with E-state index in [1.54, 1.807) is 16.2 Å². The van der Waals surface area contributed by atoms with Gasteiger partial charge in [0, 0.05) is 24.5 Å². The molecule has 0 saturated carbocycles. The van der Waals surface area contributed by atoms with Crippen molar-refractivity contribution in [1.29, 1.82) is 0 Å². The lowest BCUT2D eigenvalue weighted by Crippen LogP contribution is -2.47. The number of hydrogen-bond acceptors (Lipinski definition) is 6. The topological polar surface area (TPSA) is 104 Å². The first-order valence-electron chi connectivity index (χ1n) is 10.7. The van der Waals surface area contributed by atoms with E-state index in [0.29, 0.717) is 19.6 Å². The van der Waals surface area contributed by atoms with Crippen molar-refractivity contribution in [2.24, 2.45) is 0 Å². The Morgan fingerprint density at radius 2 is 2.10 bits per heavy atom. The van der Waals surface area contributed by atoms with E-state index < -0.39 is 11.2 Å². The van der Waals surface area contributed by atoms with Crippen LogP contribution in [0.3, 0.4) is 0 Å². The molecule has 0 spiro atoms. The zero-order valence-corrected chi connectivity index (χ0v) is 18.8. The van der Waals surface area contributed by atoms with Crippen molar-refractivity contribution in [3.05, 3.63) is 42.7 Å². The van der Waals surface area contributed by atoms with Gasteiger partial charge in [0.15, 0.2) is 0 Å². The van der Waals surface area contributed by atoms with Gasteiger partial charge in [0.2, 0.25) is 5.91 Å². The lowest BCUT2D eigenvalue weighted by molar-refractivity contribution is -0.132. The third-order valence-corrected chi connectivity index (χ3v) is 6.77. The number of carbonyl (C=O) groups excluding carboxylic acids is 1. The summed E-state index contributed by atoms with van der Waals surface area (Å²) in [5.41, 5.74) is 6.61. The Hall–Kier alpha value is -2.55. The Morgan fingerprint density at radius 3 is 2.77 bits per heavy atom. The lowest BCUT2D eigenvalue weighted by atomic mass is 9.97. The van der Waals surface area contributed by atoms with Crippen molar-refractivity contribution in [2.75, 3.05) is 30.3 Å². The molecule has 0 saturated heterocycles. The van der Waals surface area contributed by atoms with Gasteiger partial charge >= 0.3 is 5.69 Å². The quantitative estimate of drug-likeness (QED) is 0.665. The molecule has 164 valence electrons. The summed E-state index contributed by atoms with van der Waals surface area (Å²) in [6.07, 6.45) is 3.36. The molecule has 30 heavy (non-hydrogen) atoms. The zero-order valence-electron chi connectivity index (χ0n) is 17.9. The molecular formula is C21H31N5O3S. The van der Waals surface area contributed by atoms with Crippen LogP contribution in [0.2, 0.25) is 0 Å². The first kappa shape index (κ1) is 22.1. The van der Waals surface area contributed by atoms with Gasteiger partial charge in [-0.2, -0.15) is 0 Å². The number of nitrogens with one attached hydrogen (secondary N) is 1. The predicted octanol–water partition coefficient (Wildman–Crippen LogP) is 2.34. The van der Waals surface area contributed by atoms with E-state index in [4.69, 9.17) is 5.73 Å². The molecule has 3 heterocycles. The number of unbranched alkanes of at least 4 members (excludes halogenated alkanes) is 1. The summed E-state index contributed by atoms with van der Waals surface area (Å²) in [4.78, 5) is 45.3. The molecule has 1 atom stereocenters. The molecule has 1 aliphatic rings. The van der Waals surface area contributed by atoms with E-state index in [-0.39, 0.29) is 30.0 Å². The van der Waals surface area contributed by atoms with Gasteiger partial charge in [-0.15, -0.1) is 11.3 Å². The van der Waals surface area contributed by atoms with Crippen LogP contribution >= 0.6 is 11.3 Å². The summed E-state index contributed by atoms with van der Waals surface area (Å²) in [6.45, 7) is 7.56. The Balaban J connectivity index is 1.88. The largest absolute Gasteiger partial charge is 0.383 e. The second kappa shape index (κ2) is 9.51. The van der Waals surface area contributed by atoms with E-state index in [1.807, 2.05) is 18.7 Å². The number of nitrogens with two attached hydrogens (primary N) is 1. The van der Waals surface area contributed by atoms with Gasteiger partial charge in [-0.05, 0) is 43.2 Å². The van der Waals surface area contributed by atoms with E-state index in [0.717, 1.165) is 25.7 Å². The Labute approximate surface area is 180 Å². The maximum Gasteiger partial charge on any atom is 0.330 e. The number of amides is 1. The Bertz CT molecular complexity index is 1010. The van der Waals surface area contributed by atoms with E-state index in [9.17, 15) is 14.4 Å². The third kappa shape index (κ3) is 4.16. The summed E-state index contributed by atoms with van der Waals surface area (Å²) in [6, 6.07) is 2.16. The Morgan fingerprint density at radius 1 is 1.33 bits per heavy atom. The van der Waals surface area contributed by atoms with E-state index >= 15 is 0 Å². The molecule has 3 rings (SSSR count). The number of hydrogen-bond donors (Lipinski definition) is 2. The summed E-state index contributed by atoms with van der Waals surface area (Å²) in [5.74, 6) is 0.0864. The first-order valence-corrected chi connectivity index (χ1v) is 11.5. The van der Waals surface area contributed by atoms with Crippen molar-refractivity contribution in [2.45, 2.75) is 59.0 Å². The van der Waals surface area contributed by atoms with Gasteiger partial charge in [-0.3, -0.25) is 19.1 Å². The van der Waals surface area contributed by atoms with Crippen LogP contribution < -0.4 is 21.9 Å². The number of rotatable bonds is 8. The van der Waals surface area contributed by atoms with Gasteiger partial charge < -0.3 is 15.5 Å². The number of nitrogen functional groups attached to an aromatic ring is 1. The highest BCUT2D eigenvalue weighted by atomic mass is 32.1. The molecule has 8 nitrogen and oxygen atoms in total. The van der Waals surface area contributed by atoms with Gasteiger partial charge in [-0.25, -0.2) is 4.79 Å². The molecule has 0 aliphatic carbocycles. The lowest BCUT2D eigenvalue weighted by Gasteiger charge is -2.37. The first-order chi connectivity index (χ1) is 14.4. The van der Waals surface area contributed by atoms with E-state index in [1.165, 1.54) is 15.0 Å². The SMILES string of the molecule is CCCCn1c(N)c(N(CC)CC(=O)N2CCc3sccc3C2CC)c(=O)[nH]c1=O. The average Bonchev–Trinajstić information content (AvgIpc) is 3.20.